The molecule has 1 amide bonds. The highest BCUT2D eigenvalue weighted by Gasteiger charge is 2.33. The van der Waals surface area contributed by atoms with Gasteiger partial charge in [-0.15, -0.1) is 0 Å². The molecule has 134 valence electrons. The third-order valence-electron chi connectivity index (χ3n) is 4.07. The van der Waals surface area contributed by atoms with Crippen molar-refractivity contribution in [3.8, 4) is 0 Å². The topological polar surface area (TPSA) is 32.3 Å². The van der Waals surface area contributed by atoms with Crippen LogP contribution in [0.3, 0.4) is 0 Å². The Morgan fingerprint density at radius 2 is 1.62 bits per heavy atom. The van der Waals surface area contributed by atoms with Gasteiger partial charge in [0.2, 0.25) is 5.91 Å². The number of amides is 1. The first-order chi connectivity index (χ1) is 12.4. The summed E-state index contributed by atoms with van der Waals surface area (Å²) in [7, 11) is 1.73. The van der Waals surface area contributed by atoms with Crippen molar-refractivity contribution < 1.29 is 18.0 Å². The van der Waals surface area contributed by atoms with Gasteiger partial charge in [-0.25, -0.2) is 0 Å². The molecule has 0 heterocycles. The molecule has 3 aromatic rings. The quantitative estimate of drug-likeness (QED) is 0.717. The first-order valence-electron chi connectivity index (χ1n) is 8.01. The number of halogens is 3. The van der Waals surface area contributed by atoms with Gasteiger partial charge in [-0.2, -0.15) is 13.2 Å². The standard InChI is InChI=1S/C20H17F3N2O/c1-25(18-12-6-8-14-7-2-3-9-15(14)18)13-19(26)24-17-11-5-4-10-16(17)20(21,22)23/h2-12H,13H2,1H3,(H,24,26). The zero-order valence-electron chi connectivity index (χ0n) is 14.0. The van der Waals surface area contributed by atoms with E-state index in [1.165, 1.54) is 18.2 Å². The second kappa shape index (κ2) is 7.07. The second-order valence-electron chi connectivity index (χ2n) is 5.95. The second-order valence-corrected chi connectivity index (χ2v) is 5.95. The van der Waals surface area contributed by atoms with Crippen LogP contribution in [-0.4, -0.2) is 19.5 Å². The lowest BCUT2D eigenvalue weighted by molar-refractivity contribution is -0.137. The highest BCUT2D eigenvalue weighted by atomic mass is 19.4. The van der Waals surface area contributed by atoms with Crippen LogP contribution < -0.4 is 10.2 Å². The predicted molar refractivity (Wildman–Crippen MR) is 97.3 cm³/mol. The summed E-state index contributed by atoms with van der Waals surface area (Å²) in [6.07, 6.45) is -4.52. The van der Waals surface area contributed by atoms with Crippen LogP contribution in [0.4, 0.5) is 24.5 Å². The predicted octanol–water partition coefficient (Wildman–Crippen LogP) is 4.93. The SMILES string of the molecule is CN(CC(=O)Nc1ccccc1C(F)(F)F)c1cccc2ccccc12. The molecule has 3 rings (SSSR count). The summed E-state index contributed by atoms with van der Waals surface area (Å²) in [5.41, 5.74) is -0.264. The molecule has 0 saturated carbocycles. The van der Waals surface area contributed by atoms with Crippen molar-refractivity contribution >= 4 is 28.1 Å². The molecular formula is C20H17F3N2O. The summed E-state index contributed by atoms with van der Waals surface area (Å²) in [5, 5.41) is 4.37. The van der Waals surface area contributed by atoms with Gasteiger partial charge in [0, 0.05) is 18.1 Å². The minimum atomic E-state index is -4.52. The number of hydrogen-bond donors (Lipinski definition) is 1. The van der Waals surface area contributed by atoms with Crippen molar-refractivity contribution in [2.45, 2.75) is 6.18 Å². The number of nitrogens with one attached hydrogen (secondary N) is 1. The van der Waals surface area contributed by atoms with Crippen molar-refractivity contribution in [2.75, 3.05) is 23.8 Å². The van der Waals surface area contributed by atoms with Gasteiger partial charge in [0.15, 0.2) is 0 Å². The van der Waals surface area contributed by atoms with E-state index in [9.17, 15) is 18.0 Å². The first-order valence-corrected chi connectivity index (χ1v) is 8.01. The molecular weight excluding hydrogens is 341 g/mol. The van der Waals surface area contributed by atoms with E-state index >= 15 is 0 Å². The fourth-order valence-electron chi connectivity index (χ4n) is 2.87. The van der Waals surface area contributed by atoms with Gasteiger partial charge < -0.3 is 10.2 Å². The Labute approximate surface area is 149 Å². The van der Waals surface area contributed by atoms with Gasteiger partial charge in [0.1, 0.15) is 0 Å². The van der Waals surface area contributed by atoms with Crippen LogP contribution in [0.25, 0.3) is 10.8 Å². The van der Waals surface area contributed by atoms with Crippen molar-refractivity contribution in [3.63, 3.8) is 0 Å². The summed E-state index contributed by atoms with van der Waals surface area (Å²) < 4.78 is 39.1. The highest BCUT2D eigenvalue weighted by molar-refractivity contribution is 5.98. The summed E-state index contributed by atoms with van der Waals surface area (Å²) in [4.78, 5) is 14.0. The fourth-order valence-corrected chi connectivity index (χ4v) is 2.87. The average molecular weight is 358 g/mol. The molecule has 3 nitrogen and oxygen atoms in total. The van der Waals surface area contributed by atoms with Crippen molar-refractivity contribution in [3.05, 3.63) is 72.3 Å². The largest absolute Gasteiger partial charge is 0.418 e. The minimum absolute atomic E-state index is 0.0692. The maximum Gasteiger partial charge on any atom is 0.418 e. The number of para-hydroxylation sites is 1. The zero-order valence-corrected chi connectivity index (χ0v) is 14.0. The fraction of sp³-hybridized carbons (Fsp3) is 0.150. The normalized spacial score (nSPS) is 11.4. The van der Waals surface area contributed by atoms with E-state index in [4.69, 9.17) is 0 Å². The number of benzene rings is 3. The molecule has 0 aromatic heterocycles. The van der Waals surface area contributed by atoms with Gasteiger partial charge in [-0.1, -0.05) is 48.5 Å². The lowest BCUT2D eigenvalue weighted by atomic mass is 10.1. The Bertz CT molecular complexity index is 932. The van der Waals surface area contributed by atoms with Crippen LogP contribution in [0.15, 0.2) is 66.7 Å². The summed E-state index contributed by atoms with van der Waals surface area (Å²) in [5.74, 6) is -0.517. The van der Waals surface area contributed by atoms with E-state index in [1.807, 2.05) is 42.5 Å². The van der Waals surface area contributed by atoms with E-state index < -0.39 is 17.6 Å². The van der Waals surface area contributed by atoms with Crippen molar-refractivity contribution in [1.29, 1.82) is 0 Å². The maximum absolute atomic E-state index is 13.0. The Hall–Kier alpha value is -3.02. The van der Waals surface area contributed by atoms with Crippen LogP contribution in [0.5, 0.6) is 0 Å². The number of carbonyl (C=O) groups excluding carboxylic acids is 1. The van der Waals surface area contributed by atoms with Crippen LogP contribution in [0.2, 0.25) is 0 Å². The number of rotatable bonds is 4. The molecule has 0 saturated heterocycles. The molecule has 0 aliphatic heterocycles. The Kier molecular flexibility index (Phi) is 4.84. The number of alkyl halides is 3. The summed E-state index contributed by atoms with van der Waals surface area (Å²) in [6.45, 7) is -0.0692. The van der Waals surface area contributed by atoms with Gasteiger partial charge >= 0.3 is 6.18 Å². The molecule has 1 N–H and O–H groups in total. The molecule has 0 fully saturated rings. The number of likely N-dealkylation sites (N-methyl/N-ethyl adjacent to an activating group) is 1. The van der Waals surface area contributed by atoms with E-state index in [1.54, 1.807) is 11.9 Å². The Balaban J connectivity index is 1.79. The molecule has 0 unspecified atom stereocenters. The third kappa shape index (κ3) is 3.79. The molecule has 0 bridgehead atoms. The van der Waals surface area contributed by atoms with E-state index in [0.717, 1.165) is 22.5 Å². The van der Waals surface area contributed by atoms with Crippen molar-refractivity contribution in [1.82, 2.24) is 0 Å². The maximum atomic E-state index is 13.0. The number of carbonyl (C=O) groups is 1. The molecule has 3 aromatic carbocycles. The molecule has 26 heavy (non-hydrogen) atoms. The van der Waals surface area contributed by atoms with Gasteiger partial charge in [0.05, 0.1) is 17.8 Å². The summed E-state index contributed by atoms with van der Waals surface area (Å²) in [6, 6.07) is 18.4. The van der Waals surface area contributed by atoms with Crippen LogP contribution in [0.1, 0.15) is 5.56 Å². The van der Waals surface area contributed by atoms with Crippen LogP contribution in [-0.2, 0) is 11.0 Å². The molecule has 0 aliphatic carbocycles. The molecule has 0 spiro atoms. The van der Waals surface area contributed by atoms with E-state index in [-0.39, 0.29) is 12.2 Å². The average Bonchev–Trinajstić information content (AvgIpc) is 2.60. The highest BCUT2D eigenvalue weighted by Crippen LogP contribution is 2.34. The first kappa shape index (κ1) is 17.8. The third-order valence-corrected chi connectivity index (χ3v) is 4.07. The Morgan fingerprint density at radius 1 is 0.962 bits per heavy atom. The lowest BCUT2D eigenvalue weighted by Gasteiger charge is -2.21. The minimum Gasteiger partial charge on any atom is -0.365 e. The van der Waals surface area contributed by atoms with Gasteiger partial charge in [-0.3, -0.25) is 4.79 Å². The van der Waals surface area contributed by atoms with E-state index in [2.05, 4.69) is 5.32 Å². The number of hydrogen-bond acceptors (Lipinski definition) is 2. The molecule has 6 heteroatoms. The number of nitrogens with zero attached hydrogens (tertiary/aromatic N) is 1. The Morgan fingerprint density at radius 3 is 2.38 bits per heavy atom. The molecule has 0 aliphatic rings. The molecule has 0 radical (unpaired) electrons. The summed E-state index contributed by atoms with van der Waals surface area (Å²) >= 11 is 0. The van der Waals surface area contributed by atoms with E-state index in [0.29, 0.717) is 0 Å². The van der Waals surface area contributed by atoms with Crippen LogP contribution in [0, 0.1) is 0 Å². The lowest BCUT2D eigenvalue weighted by Crippen LogP contribution is -2.30. The smallest absolute Gasteiger partial charge is 0.365 e. The monoisotopic (exact) mass is 358 g/mol. The van der Waals surface area contributed by atoms with Gasteiger partial charge in [0.25, 0.3) is 0 Å². The zero-order chi connectivity index (χ0) is 18.7. The molecule has 0 atom stereocenters. The van der Waals surface area contributed by atoms with Gasteiger partial charge in [-0.05, 0) is 23.6 Å². The van der Waals surface area contributed by atoms with Crippen LogP contribution >= 0.6 is 0 Å². The number of fused-ring (bicyclic) bond motifs is 1. The van der Waals surface area contributed by atoms with Crippen molar-refractivity contribution in [2.24, 2.45) is 0 Å². The number of anilines is 2.